The van der Waals surface area contributed by atoms with Crippen molar-refractivity contribution in [1.82, 2.24) is 30.7 Å². The van der Waals surface area contributed by atoms with Crippen molar-refractivity contribution in [2.45, 2.75) is 57.2 Å². The van der Waals surface area contributed by atoms with Gasteiger partial charge in [-0.25, -0.2) is 4.98 Å². The third kappa shape index (κ3) is 6.00. The molecule has 3 aromatic rings. The molecule has 1 fully saturated rings. The molecule has 0 saturated heterocycles. The fourth-order valence-corrected chi connectivity index (χ4v) is 6.67. The Labute approximate surface area is 226 Å². The fourth-order valence-electron chi connectivity index (χ4n) is 4.64. The zero-order valence-electron chi connectivity index (χ0n) is 20.2. The number of anilines is 1. The number of hydrogen-bond donors (Lipinski definition) is 3. The second kappa shape index (κ2) is 10.9. The van der Waals surface area contributed by atoms with Crippen LogP contribution in [0.3, 0.4) is 0 Å². The van der Waals surface area contributed by atoms with Crippen molar-refractivity contribution in [2.24, 2.45) is 0 Å². The van der Waals surface area contributed by atoms with Crippen LogP contribution in [0.15, 0.2) is 16.5 Å². The summed E-state index contributed by atoms with van der Waals surface area (Å²) >= 11 is 8.46. The maximum Gasteiger partial charge on any atom is 0.314 e. The highest BCUT2D eigenvalue weighted by atomic mass is 35.5. The number of fused-ring (bicyclic) bond motifs is 1. The Kier molecular flexibility index (Phi) is 7.56. The predicted molar refractivity (Wildman–Crippen MR) is 139 cm³/mol. The summed E-state index contributed by atoms with van der Waals surface area (Å²) in [4.78, 5) is 46.3. The van der Waals surface area contributed by atoms with Gasteiger partial charge in [0.1, 0.15) is 0 Å². The van der Waals surface area contributed by atoms with Gasteiger partial charge >= 0.3 is 11.8 Å². The molecular weight excluding hydrogens is 538 g/mol. The lowest BCUT2D eigenvalue weighted by Gasteiger charge is -2.35. The monoisotopic (exact) mass is 563 g/mol. The number of aryl methyl sites for hydroxylation is 1. The second-order valence-corrected chi connectivity index (χ2v) is 12.1. The molecule has 0 aromatic carbocycles. The Morgan fingerprint density at radius 2 is 1.95 bits per heavy atom. The number of carbonyl (C=O) groups excluding carboxylic acids is 3. The molecule has 1 saturated carbocycles. The number of thiophene rings is 1. The van der Waals surface area contributed by atoms with E-state index in [1.165, 1.54) is 11.3 Å². The van der Waals surface area contributed by atoms with Crippen molar-refractivity contribution < 1.29 is 18.8 Å². The summed E-state index contributed by atoms with van der Waals surface area (Å²) in [6.45, 7) is 3.40. The average molecular weight is 564 g/mol. The summed E-state index contributed by atoms with van der Waals surface area (Å²) in [6, 6.07) is 2.34. The largest absolute Gasteiger partial charge is 0.425 e. The SMILES string of the molecule is Cc1nnc([C@H]2CC[C@H](NC(=O)C(=O)Nc3ccc(Cl)s3)[C@H](NC(=O)c3nc4c(s3)CN(C)CC4)C2)o1. The number of thiazole rings is 1. The van der Waals surface area contributed by atoms with E-state index < -0.39 is 23.9 Å². The Bertz CT molecular complexity index is 1320. The summed E-state index contributed by atoms with van der Waals surface area (Å²) in [5, 5.41) is 17.4. The number of aromatic nitrogens is 3. The van der Waals surface area contributed by atoms with E-state index in [1.807, 2.05) is 7.05 Å². The molecule has 0 spiro atoms. The lowest BCUT2D eigenvalue weighted by Crippen LogP contribution is -2.55. The molecule has 3 amide bonds. The van der Waals surface area contributed by atoms with Crippen LogP contribution >= 0.6 is 34.3 Å². The van der Waals surface area contributed by atoms with Crippen molar-refractivity contribution >= 4 is 57.0 Å². The maximum absolute atomic E-state index is 13.2. The highest BCUT2D eigenvalue weighted by Gasteiger charge is 2.37. The van der Waals surface area contributed by atoms with Crippen molar-refractivity contribution in [3.8, 4) is 0 Å². The summed E-state index contributed by atoms with van der Waals surface area (Å²) in [5.41, 5.74) is 0.964. The van der Waals surface area contributed by atoms with Gasteiger partial charge in [-0.3, -0.25) is 14.4 Å². The van der Waals surface area contributed by atoms with Crippen LogP contribution in [0.1, 0.15) is 57.3 Å². The first-order chi connectivity index (χ1) is 17.7. The summed E-state index contributed by atoms with van der Waals surface area (Å²) in [7, 11) is 2.04. The van der Waals surface area contributed by atoms with Gasteiger partial charge in [-0.2, -0.15) is 0 Å². The molecule has 0 unspecified atom stereocenters. The van der Waals surface area contributed by atoms with E-state index in [-0.39, 0.29) is 11.8 Å². The van der Waals surface area contributed by atoms with Crippen LogP contribution in [0.5, 0.6) is 0 Å². The molecule has 3 N–H and O–H groups in total. The van der Waals surface area contributed by atoms with Gasteiger partial charge in [0.25, 0.3) is 5.91 Å². The highest BCUT2D eigenvalue weighted by Crippen LogP contribution is 2.33. The first kappa shape index (κ1) is 25.8. The summed E-state index contributed by atoms with van der Waals surface area (Å²) in [5.74, 6) is -0.994. The van der Waals surface area contributed by atoms with E-state index in [2.05, 4.69) is 36.0 Å². The first-order valence-electron chi connectivity index (χ1n) is 11.9. The number of likely N-dealkylation sites (N-methyl/N-ethyl adjacent to an activating group) is 1. The van der Waals surface area contributed by atoms with E-state index in [0.29, 0.717) is 45.4 Å². The quantitative estimate of drug-likeness (QED) is 0.402. The van der Waals surface area contributed by atoms with Crippen LogP contribution in [-0.2, 0) is 22.6 Å². The maximum atomic E-state index is 13.2. The zero-order chi connectivity index (χ0) is 26.1. The van der Waals surface area contributed by atoms with Gasteiger partial charge in [-0.15, -0.1) is 32.9 Å². The van der Waals surface area contributed by atoms with Gasteiger partial charge in [0, 0.05) is 43.3 Å². The van der Waals surface area contributed by atoms with Gasteiger partial charge in [-0.05, 0) is 38.4 Å². The molecule has 1 aliphatic carbocycles. The first-order valence-corrected chi connectivity index (χ1v) is 13.9. The second-order valence-electron chi connectivity index (χ2n) is 9.26. The molecule has 1 aliphatic heterocycles. The standard InChI is InChI=1S/C23H26ClN7O4S2/c1-11-29-30-22(35-11)12-3-4-13(25-19(32)20(33)28-18-6-5-17(24)37-18)15(9-12)26-21(34)23-27-14-7-8-31(2)10-16(14)36-23/h5-6,12-13,15H,3-4,7-10H2,1-2H3,(H,25,32)(H,26,34)(H,28,33)/t12-,13-,15+/m0/s1. The summed E-state index contributed by atoms with van der Waals surface area (Å²) in [6.07, 6.45) is 2.44. The highest BCUT2D eigenvalue weighted by molar-refractivity contribution is 7.20. The number of nitrogens with one attached hydrogen (secondary N) is 3. The van der Waals surface area contributed by atoms with Crippen molar-refractivity contribution in [2.75, 3.05) is 18.9 Å². The van der Waals surface area contributed by atoms with Gasteiger partial charge in [0.15, 0.2) is 5.01 Å². The minimum Gasteiger partial charge on any atom is -0.425 e. The fraction of sp³-hybridized carbons (Fsp3) is 0.478. The van der Waals surface area contributed by atoms with Crippen LogP contribution in [0.4, 0.5) is 5.00 Å². The molecule has 3 aromatic heterocycles. The van der Waals surface area contributed by atoms with Crippen LogP contribution in [0, 0.1) is 6.92 Å². The topological polar surface area (TPSA) is 142 Å². The minimum atomic E-state index is -0.796. The van der Waals surface area contributed by atoms with Gasteiger partial charge in [0.05, 0.1) is 21.1 Å². The van der Waals surface area contributed by atoms with Crippen molar-refractivity contribution in [3.63, 3.8) is 0 Å². The number of rotatable bonds is 5. The molecule has 11 nitrogen and oxygen atoms in total. The molecule has 0 radical (unpaired) electrons. The van der Waals surface area contributed by atoms with E-state index in [9.17, 15) is 14.4 Å². The van der Waals surface area contributed by atoms with Crippen molar-refractivity contribution in [1.29, 1.82) is 0 Å². The van der Waals surface area contributed by atoms with Gasteiger partial charge in [-0.1, -0.05) is 11.6 Å². The van der Waals surface area contributed by atoms with Crippen LogP contribution < -0.4 is 16.0 Å². The molecule has 37 heavy (non-hydrogen) atoms. The van der Waals surface area contributed by atoms with E-state index in [4.69, 9.17) is 16.0 Å². The Balaban J connectivity index is 1.29. The van der Waals surface area contributed by atoms with E-state index in [1.54, 1.807) is 19.1 Å². The van der Waals surface area contributed by atoms with Crippen LogP contribution in [-0.4, -0.2) is 63.5 Å². The lowest BCUT2D eigenvalue weighted by molar-refractivity contribution is -0.136. The number of halogens is 1. The number of hydrogen-bond acceptors (Lipinski definition) is 10. The lowest BCUT2D eigenvalue weighted by atomic mass is 9.82. The van der Waals surface area contributed by atoms with Crippen LogP contribution in [0.25, 0.3) is 0 Å². The molecule has 3 atom stereocenters. The number of amides is 3. The Morgan fingerprint density at radius 1 is 1.11 bits per heavy atom. The molecule has 196 valence electrons. The molecule has 5 rings (SSSR count). The third-order valence-electron chi connectivity index (χ3n) is 6.51. The minimum absolute atomic E-state index is 0.0834. The van der Waals surface area contributed by atoms with Gasteiger partial charge < -0.3 is 25.3 Å². The van der Waals surface area contributed by atoms with Crippen LogP contribution in [0.2, 0.25) is 4.34 Å². The average Bonchev–Trinajstić information content (AvgIpc) is 3.59. The van der Waals surface area contributed by atoms with Crippen molar-refractivity contribution in [3.05, 3.63) is 43.8 Å². The molecule has 0 bridgehead atoms. The third-order valence-corrected chi connectivity index (χ3v) is 8.73. The number of carbonyl (C=O) groups is 3. The molecular formula is C23H26ClN7O4S2. The summed E-state index contributed by atoms with van der Waals surface area (Å²) < 4.78 is 6.14. The van der Waals surface area contributed by atoms with E-state index in [0.717, 1.165) is 41.4 Å². The van der Waals surface area contributed by atoms with E-state index >= 15 is 0 Å². The van der Waals surface area contributed by atoms with Gasteiger partial charge in [0.2, 0.25) is 11.8 Å². The normalized spacial score (nSPS) is 21.8. The molecule has 14 heteroatoms. The number of nitrogens with zero attached hydrogens (tertiary/aromatic N) is 4. The molecule has 2 aliphatic rings. The smallest absolute Gasteiger partial charge is 0.314 e. The zero-order valence-corrected chi connectivity index (χ0v) is 22.6. The molecule has 4 heterocycles. The Morgan fingerprint density at radius 3 is 2.68 bits per heavy atom. The Hall–Kier alpha value is -2.87. The predicted octanol–water partition coefficient (Wildman–Crippen LogP) is 2.73.